The molecular weight excluding hydrogens is 252 g/mol. The first-order valence-corrected chi connectivity index (χ1v) is 7.95. The Morgan fingerprint density at radius 2 is 2.15 bits per heavy atom. The largest absolute Gasteiger partial charge is 0.383 e. The first kappa shape index (κ1) is 15.6. The van der Waals surface area contributed by atoms with Crippen molar-refractivity contribution in [2.24, 2.45) is 22.6 Å². The van der Waals surface area contributed by atoms with Gasteiger partial charge in [0, 0.05) is 39.8 Å². The van der Waals surface area contributed by atoms with Gasteiger partial charge in [0.05, 0.1) is 6.61 Å². The second kappa shape index (κ2) is 7.84. The average molecular weight is 282 g/mol. The summed E-state index contributed by atoms with van der Waals surface area (Å²) in [6.45, 7) is 9.48. The molecule has 0 unspecified atom stereocenters. The summed E-state index contributed by atoms with van der Waals surface area (Å²) in [7, 11) is 1.76. The van der Waals surface area contributed by atoms with Crippen LogP contribution in [0.5, 0.6) is 0 Å². The van der Waals surface area contributed by atoms with Gasteiger partial charge in [-0.15, -0.1) is 0 Å². The molecule has 0 aromatic heterocycles. The molecule has 0 saturated carbocycles. The van der Waals surface area contributed by atoms with Crippen LogP contribution in [0, 0.1) is 11.8 Å². The van der Waals surface area contributed by atoms with Crippen LogP contribution in [0.1, 0.15) is 26.2 Å². The maximum absolute atomic E-state index is 6.15. The Kier molecular flexibility index (Phi) is 6.10. The van der Waals surface area contributed by atoms with Crippen LogP contribution < -0.4 is 5.73 Å². The Bertz CT molecular complexity index is 321. The minimum absolute atomic E-state index is 0.660. The number of likely N-dealkylation sites (tertiary alicyclic amines) is 2. The van der Waals surface area contributed by atoms with Crippen molar-refractivity contribution >= 4 is 5.96 Å². The fourth-order valence-corrected chi connectivity index (χ4v) is 3.21. The Balaban J connectivity index is 1.72. The first-order valence-electron chi connectivity index (χ1n) is 7.95. The molecule has 5 heteroatoms. The summed E-state index contributed by atoms with van der Waals surface area (Å²) in [6, 6.07) is 0. The van der Waals surface area contributed by atoms with E-state index in [1.54, 1.807) is 7.11 Å². The fraction of sp³-hybridized carbons (Fsp3) is 0.933. The van der Waals surface area contributed by atoms with Crippen molar-refractivity contribution in [2.75, 3.05) is 53.0 Å². The van der Waals surface area contributed by atoms with E-state index >= 15 is 0 Å². The zero-order valence-electron chi connectivity index (χ0n) is 13.1. The third-order valence-corrected chi connectivity index (χ3v) is 4.47. The third kappa shape index (κ3) is 4.63. The third-order valence-electron chi connectivity index (χ3n) is 4.47. The van der Waals surface area contributed by atoms with E-state index in [0.29, 0.717) is 5.92 Å². The number of hydrogen-bond acceptors (Lipinski definition) is 3. The summed E-state index contributed by atoms with van der Waals surface area (Å²) >= 11 is 0. The van der Waals surface area contributed by atoms with E-state index in [-0.39, 0.29) is 0 Å². The molecule has 0 aromatic carbocycles. The quantitative estimate of drug-likeness (QED) is 0.604. The van der Waals surface area contributed by atoms with Crippen molar-refractivity contribution < 1.29 is 4.74 Å². The van der Waals surface area contributed by atoms with Crippen LogP contribution in [-0.2, 0) is 4.74 Å². The second-order valence-electron chi connectivity index (χ2n) is 6.34. The number of rotatable bonds is 5. The highest BCUT2D eigenvalue weighted by Crippen LogP contribution is 2.17. The molecule has 2 N–H and O–H groups in total. The zero-order chi connectivity index (χ0) is 14.4. The van der Waals surface area contributed by atoms with Gasteiger partial charge in [0.15, 0.2) is 5.96 Å². The summed E-state index contributed by atoms with van der Waals surface area (Å²) in [5.41, 5.74) is 6.15. The maximum atomic E-state index is 6.15. The van der Waals surface area contributed by atoms with Crippen molar-refractivity contribution in [3.8, 4) is 0 Å². The van der Waals surface area contributed by atoms with Gasteiger partial charge >= 0.3 is 0 Å². The number of nitrogens with two attached hydrogens (primary N) is 1. The number of piperidine rings is 1. The number of nitrogens with zero attached hydrogens (tertiary/aromatic N) is 3. The van der Waals surface area contributed by atoms with Crippen LogP contribution >= 0.6 is 0 Å². The Morgan fingerprint density at radius 3 is 2.90 bits per heavy atom. The summed E-state index contributed by atoms with van der Waals surface area (Å²) in [5, 5.41) is 0. The van der Waals surface area contributed by atoms with Crippen LogP contribution in [-0.4, -0.2) is 68.7 Å². The van der Waals surface area contributed by atoms with Crippen molar-refractivity contribution in [1.29, 1.82) is 0 Å². The Morgan fingerprint density at radius 1 is 1.30 bits per heavy atom. The van der Waals surface area contributed by atoms with Crippen molar-refractivity contribution in [2.45, 2.75) is 26.2 Å². The SMILES string of the molecule is COCCN1CC[C@H](CN=C(N)N2CCC[C@H](C)C2)C1. The summed E-state index contributed by atoms with van der Waals surface area (Å²) in [4.78, 5) is 9.36. The van der Waals surface area contributed by atoms with E-state index < -0.39 is 0 Å². The average Bonchev–Trinajstić information content (AvgIpc) is 2.90. The lowest BCUT2D eigenvalue weighted by molar-refractivity contribution is 0.159. The predicted molar refractivity (Wildman–Crippen MR) is 82.9 cm³/mol. The van der Waals surface area contributed by atoms with Crippen LogP contribution in [0.25, 0.3) is 0 Å². The van der Waals surface area contributed by atoms with Gasteiger partial charge in [0.1, 0.15) is 0 Å². The predicted octanol–water partition coefficient (Wildman–Crippen LogP) is 1.00. The molecule has 5 nitrogen and oxygen atoms in total. The van der Waals surface area contributed by atoms with Gasteiger partial charge in [0.2, 0.25) is 0 Å². The van der Waals surface area contributed by atoms with Crippen molar-refractivity contribution in [3.05, 3.63) is 0 Å². The van der Waals surface area contributed by atoms with Crippen LogP contribution in [0.15, 0.2) is 4.99 Å². The molecule has 2 rings (SSSR count). The molecular formula is C15H30N4O. The standard InChI is InChI=1S/C15H30N4O/c1-13-4-3-6-19(11-13)15(16)17-10-14-5-7-18(12-14)8-9-20-2/h13-14H,3-12H2,1-2H3,(H2,16,17)/t13-,14+/m0/s1. The smallest absolute Gasteiger partial charge is 0.191 e. The molecule has 2 aliphatic heterocycles. The number of ether oxygens (including phenoxy) is 1. The van der Waals surface area contributed by atoms with E-state index in [2.05, 4.69) is 21.7 Å². The first-order chi connectivity index (χ1) is 9.69. The fourth-order valence-electron chi connectivity index (χ4n) is 3.21. The monoisotopic (exact) mass is 282 g/mol. The van der Waals surface area contributed by atoms with Crippen molar-refractivity contribution in [3.63, 3.8) is 0 Å². The molecule has 0 spiro atoms. The van der Waals surface area contributed by atoms with E-state index in [0.717, 1.165) is 51.2 Å². The van der Waals surface area contributed by atoms with Crippen LogP contribution in [0.2, 0.25) is 0 Å². The molecule has 20 heavy (non-hydrogen) atoms. The zero-order valence-corrected chi connectivity index (χ0v) is 13.1. The van der Waals surface area contributed by atoms with E-state index in [1.807, 2.05) is 0 Å². The number of aliphatic imine (C=N–C) groups is 1. The lowest BCUT2D eigenvalue weighted by Crippen LogP contribution is -2.43. The molecule has 0 bridgehead atoms. The van der Waals surface area contributed by atoms with Gasteiger partial charge in [-0.3, -0.25) is 4.99 Å². The molecule has 116 valence electrons. The summed E-state index contributed by atoms with van der Waals surface area (Å²) in [5.74, 6) is 2.16. The number of hydrogen-bond donors (Lipinski definition) is 1. The van der Waals surface area contributed by atoms with E-state index in [9.17, 15) is 0 Å². The molecule has 0 aliphatic carbocycles. The minimum Gasteiger partial charge on any atom is -0.383 e. The highest BCUT2D eigenvalue weighted by molar-refractivity contribution is 5.78. The molecule has 2 heterocycles. The van der Waals surface area contributed by atoms with Gasteiger partial charge in [-0.05, 0) is 37.6 Å². The van der Waals surface area contributed by atoms with E-state index in [1.165, 1.54) is 25.8 Å². The second-order valence-corrected chi connectivity index (χ2v) is 6.34. The van der Waals surface area contributed by atoms with Gasteiger partial charge in [-0.1, -0.05) is 6.92 Å². The topological polar surface area (TPSA) is 54.1 Å². The molecule has 0 amide bonds. The lowest BCUT2D eigenvalue weighted by atomic mass is 10.0. The van der Waals surface area contributed by atoms with Crippen LogP contribution in [0.3, 0.4) is 0 Å². The maximum Gasteiger partial charge on any atom is 0.191 e. The Labute approximate surface area is 123 Å². The van der Waals surface area contributed by atoms with Gasteiger partial charge in [-0.25, -0.2) is 0 Å². The molecule has 0 radical (unpaired) electrons. The lowest BCUT2D eigenvalue weighted by Gasteiger charge is -2.31. The van der Waals surface area contributed by atoms with Gasteiger partial charge in [-0.2, -0.15) is 0 Å². The van der Waals surface area contributed by atoms with Gasteiger partial charge < -0.3 is 20.3 Å². The summed E-state index contributed by atoms with van der Waals surface area (Å²) in [6.07, 6.45) is 3.80. The molecule has 2 fully saturated rings. The minimum atomic E-state index is 0.660. The molecule has 2 atom stereocenters. The molecule has 2 aliphatic rings. The molecule has 0 aromatic rings. The van der Waals surface area contributed by atoms with Crippen LogP contribution in [0.4, 0.5) is 0 Å². The summed E-state index contributed by atoms with van der Waals surface area (Å²) < 4.78 is 5.13. The number of guanidine groups is 1. The highest BCUT2D eigenvalue weighted by Gasteiger charge is 2.22. The highest BCUT2D eigenvalue weighted by atomic mass is 16.5. The van der Waals surface area contributed by atoms with Crippen molar-refractivity contribution in [1.82, 2.24) is 9.80 Å². The van der Waals surface area contributed by atoms with Gasteiger partial charge in [0.25, 0.3) is 0 Å². The number of methoxy groups -OCH3 is 1. The molecule has 2 saturated heterocycles. The normalized spacial score (nSPS) is 29.1. The van der Waals surface area contributed by atoms with E-state index in [4.69, 9.17) is 10.5 Å². The Hall–Kier alpha value is -0.810.